The van der Waals surface area contributed by atoms with Gasteiger partial charge in [-0.2, -0.15) is 0 Å². The number of carboxylic acid groups (broad SMARTS) is 1. The van der Waals surface area contributed by atoms with Gasteiger partial charge < -0.3 is 15.7 Å². The molecule has 0 saturated heterocycles. The first-order chi connectivity index (χ1) is 9.47. The zero-order valence-electron chi connectivity index (χ0n) is 11.6. The smallest absolute Gasteiger partial charge is 0.335 e. The second kappa shape index (κ2) is 7.87. The molecule has 1 amide bonds. The highest BCUT2D eigenvalue weighted by Gasteiger charge is 2.11. The molecule has 110 valence electrons. The fourth-order valence-corrected chi connectivity index (χ4v) is 1.93. The monoisotopic (exact) mass is 298 g/mol. The predicted octanol–water partition coefficient (Wildman–Crippen LogP) is 2.75. The Bertz CT molecular complexity index is 487. The van der Waals surface area contributed by atoms with E-state index in [1.165, 1.54) is 18.2 Å². The van der Waals surface area contributed by atoms with Crippen LogP contribution in [0, 0.1) is 0 Å². The van der Waals surface area contributed by atoms with Crippen LogP contribution >= 0.6 is 11.6 Å². The molecule has 1 aromatic carbocycles. The zero-order valence-corrected chi connectivity index (χ0v) is 12.3. The molecule has 0 aromatic heterocycles. The standard InChI is InChI=1S/C14H19ClN2O3/c1-3-10(4-2)16-8-13(18)17-12-7-9(14(19)20)5-6-11(12)15/h5-7,10,16H,3-4,8H2,1-2H3,(H,17,18)(H,19,20). The summed E-state index contributed by atoms with van der Waals surface area (Å²) < 4.78 is 0. The van der Waals surface area contributed by atoms with E-state index in [-0.39, 0.29) is 18.0 Å². The third-order valence-corrected chi connectivity index (χ3v) is 3.35. The molecule has 1 rings (SSSR count). The molecule has 0 saturated carbocycles. The predicted molar refractivity (Wildman–Crippen MR) is 79.4 cm³/mol. The van der Waals surface area contributed by atoms with Gasteiger partial charge in [0, 0.05) is 6.04 Å². The first-order valence-electron chi connectivity index (χ1n) is 6.54. The van der Waals surface area contributed by atoms with Crippen molar-refractivity contribution in [2.75, 3.05) is 11.9 Å². The van der Waals surface area contributed by atoms with Crippen molar-refractivity contribution in [3.63, 3.8) is 0 Å². The summed E-state index contributed by atoms with van der Waals surface area (Å²) in [6.07, 6.45) is 1.89. The number of halogens is 1. The number of carbonyl (C=O) groups excluding carboxylic acids is 1. The van der Waals surface area contributed by atoms with Crippen molar-refractivity contribution >= 4 is 29.2 Å². The molecule has 0 aliphatic carbocycles. The maximum atomic E-state index is 11.8. The van der Waals surface area contributed by atoms with Gasteiger partial charge in [-0.1, -0.05) is 25.4 Å². The molecule has 0 radical (unpaired) electrons. The minimum Gasteiger partial charge on any atom is -0.478 e. The molecular weight excluding hydrogens is 280 g/mol. The minimum atomic E-state index is -1.06. The topological polar surface area (TPSA) is 78.4 Å². The molecular formula is C14H19ClN2O3. The molecule has 0 spiro atoms. The summed E-state index contributed by atoms with van der Waals surface area (Å²) >= 11 is 5.93. The number of carbonyl (C=O) groups is 2. The summed E-state index contributed by atoms with van der Waals surface area (Å²) in [5.74, 6) is -1.31. The molecule has 1 aromatic rings. The number of hydrogen-bond donors (Lipinski definition) is 3. The quantitative estimate of drug-likeness (QED) is 0.723. The second-order valence-corrected chi connectivity index (χ2v) is 4.85. The number of anilines is 1. The van der Waals surface area contributed by atoms with Crippen LogP contribution in [0.5, 0.6) is 0 Å². The summed E-state index contributed by atoms with van der Waals surface area (Å²) in [5.41, 5.74) is 0.389. The molecule has 0 unspecified atom stereocenters. The molecule has 0 aliphatic rings. The largest absolute Gasteiger partial charge is 0.478 e. The summed E-state index contributed by atoms with van der Waals surface area (Å²) in [7, 11) is 0. The Morgan fingerprint density at radius 1 is 1.30 bits per heavy atom. The number of nitrogens with one attached hydrogen (secondary N) is 2. The van der Waals surface area contributed by atoms with Crippen molar-refractivity contribution in [2.45, 2.75) is 32.7 Å². The molecule has 3 N–H and O–H groups in total. The van der Waals surface area contributed by atoms with Gasteiger partial charge in [-0.15, -0.1) is 0 Å². The van der Waals surface area contributed by atoms with Crippen LogP contribution in [-0.2, 0) is 4.79 Å². The van der Waals surface area contributed by atoms with Gasteiger partial charge >= 0.3 is 5.97 Å². The van der Waals surface area contributed by atoms with Crippen LogP contribution in [0.15, 0.2) is 18.2 Å². The molecule has 0 fully saturated rings. The molecule has 0 bridgehead atoms. The SMILES string of the molecule is CCC(CC)NCC(=O)Nc1cc(C(=O)O)ccc1Cl. The number of carboxylic acids is 1. The van der Waals surface area contributed by atoms with E-state index in [0.717, 1.165) is 12.8 Å². The Balaban J connectivity index is 2.65. The van der Waals surface area contributed by atoms with Gasteiger partial charge in [0.05, 0.1) is 22.8 Å². The Morgan fingerprint density at radius 2 is 1.95 bits per heavy atom. The van der Waals surface area contributed by atoms with Gasteiger partial charge in [0.15, 0.2) is 0 Å². The van der Waals surface area contributed by atoms with Crippen molar-refractivity contribution in [1.82, 2.24) is 5.32 Å². The van der Waals surface area contributed by atoms with E-state index in [9.17, 15) is 9.59 Å². The van der Waals surface area contributed by atoms with Crippen molar-refractivity contribution in [2.24, 2.45) is 0 Å². The van der Waals surface area contributed by atoms with E-state index in [1.54, 1.807) is 0 Å². The summed E-state index contributed by atoms with van der Waals surface area (Å²) in [4.78, 5) is 22.7. The van der Waals surface area contributed by atoms with Gasteiger partial charge in [0.2, 0.25) is 5.91 Å². The molecule has 6 heteroatoms. The van der Waals surface area contributed by atoms with Gasteiger partial charge in [0.1, 0.15) is 0 Å². The average molecular weight is 299 g/mol. The van der Waals surface area contributed by atoms with Crippen molar-refractivity contribution < 1.29 is 14.7 Å². The van der Waals surface area contributed by atoms with Crippen LogP contribution in [0.1, 0.15) is 37.0 Å². The maximum Gasteiger partial charge on any atom is 0.335 e. The Morgan fingerprint density at radius 3 is 2.50 bits per heavy atom. The lowest BCUT2D eigenvalue weighted by Gasteiger charge is -2.14. The van der Waals surface area contributed by atoms with E-state index in [2.05, 4.69) is 10.6 Å². The van der Waals surface area contributed by atoms with E-state index < -0.39 is 5.97 Å². The Kier molecular flexibility index (Phi) is 6.48. The maximum absolute atomic E-state index is 11.8. The van der Waals surface area contributed by atoms with Gasteiger partial charge in [-0.05, 0) is 31.0 Å². The van der Waals surface area contributed by atoms with Crippen molar-refractivity contribution in [3.05, 3.63) is 28.8 Å². The minimum absolute atomic E-state index is 0.0812. The fraction of sp³-hybridized carbons (Fsp3) is 0.429. The van der Waals surface area contributed by atoms with Crippen LogP contribution in [0.25, 0.3) is 0 Å². The lowest BCUT2D eigenvalue weighted by atomic mass is 10.2. The van der Waals surface area contributed by atoms with Gasteiger partial charge in [0.25, 0.3) is 0 Å². The Labute approximate surface area is 123 Å². The number of hydrogen-bond acceptors (Lipinski definition) is 3. The summed E-state index contributed by atoms with van der Waals surface area (Å²) in [6, 6.07) is 4.48. The van der Waals surface area contributed by atoms with Crippen LogP contribution in [0.3, 0.4) is 0 Å². The summed E-state index contributed by atoms with van der Waals surface area (Å²) in [5, 5.41) is 15.0. The fourth-order valence-electron chi connectivity index (χ4n) is 1.76. The van der Waals surface area contributed by atoms with Gasteiger partial charge in [-0.25, -0.2) is 4.79 Å². The first-order valence-corrected chi connectivity index (χ1v) is 6.91. The van der Waals surface area contributed by atoms with E-state index >= 15 is 0 Å². The highest BCUT2D eigenvalue weighted by molar-refractivity contribution is 6.33. The Hall–Kier alpha value is -1.59. The molecule has 0 heterocycles. The number of amides is 1. The molecule has 0 atom stereocenters. The number of benzene rings is 1. The van der Waals surface area contributed by atoms with Crippen molar-refractivity contribution in [1.29, 1.82) is 0 Å². The van der Waals surface area contributed by atoms with E-state index in [0.29, 0.717) is 16.8 Å². The molecule has 0 aliphatic heterocycles. The lowest BCUT2D eigenvalue weighted by molar-refractivity contribution is -0.115. The van der Waals surface area contributed by atoms with Crippen LogP contribution in [-0.4, -0.2) is 29.6 Å². The third-order valence-electron chi connectivity index (χ3n) is 3.02. The molecule has 5 nitrogen and oxygen atoms in total. The van der Waals surface area contributed by atoms with E-state index in [1.807, 2.05) is 13.8 Å². The highest BCUT2D eigenvalue weighted by atomic mass is 35.5. The molecule has 20 heavy (non-hydrogen) atoms. The first kappa shape index (κ1) is 16.5. The highest BCUT2D eigenvalue weighted by Crippen LogP contribution is 2.22. The van der Waals surface area contributed by atoms with Crippen LogP contribution in [0.2, 0.25) is 5.02 Å². The number of rotatable bonds is 7. The van der Waals surface area contributed by atoms with Crippen molar-refractivity contribution in [3.8, 4) is 0 Å². The van der Waals surface area contributed by atoms with Crippen LogP contribution < -0.4 is 10.6 Å². The summed E-state index contributed by atoms with van der Waals surface area (Å²) in [6.45, 7) is 4.26. The second-order valence-electron chi connectivity index (χ2n) is 4.44. The van der Waals surface area contributed by atoms with Crippen LogP contribution in [0.4, 0.5) is 5.69 Å². The van der Waals surface area contributed by atoms with E-state index in [4.69, 9.17) is 16.7 Å². The normalized spacial score (nSPS) is 10.6. The lowest BCUT2D eigenvalue weighted by Crippen LogP contribution is -2.35. The average Bonchev–Trinajstić information content (AvgIpc) is 2.42. The zero-order chi connectivity index (χ0) is 15.1. The number of aromatic carboxylic acids is 1. The third kappa shape index (κ3) is 4.83. The van der Waals surface area contributed by atoms with Gasteiger partial charge in [-0.3, -0.25) is 4.79 Å².